The number of thioether (sulfide) groups is 2. The number of ether oxygens (including phenoxy) is 1. The Morgan fingerprint density at radius 2 is 1.81 bits per heavy atom. The largest absolute Gasteiger partial charge is 0.465 e. The van der Waals surface area contributed by atoms with Crippen LogP contribution in [0.5, 0.6) is 0 Å². The number of carbonyl (C=O) groups is 1. The van der Waals surface area contributed by atoms with Crippen LogP contribution >= 0.6 is 23.5 Å². The van der Waals surface area contributed by atoms with E-state index in [1.807, 2.05) is 24.3 Å². The zero-order valence-electron chi connectivity index (χ0n) is 17.5. The van der Waals surface area contributed by atoms with E-state index >= 15 is 0 Å². The summed E-state index contributed by atoms with van der Waals surface area (Å²) in [5, 5.41) is -0.0120. The van der Waals surface area contributed by atoms with Gasteiger partial charge in [0.25, 0.3) is 0 Å². The smallest absolute Gasteiger partial charge is 0.337 e. The van der Waals surface area contributed by atoms with Crippen molar-refractivity contribution in [2.75, 3.05) is 19.4 Å². The Morgan fingerprint density at radius 3 is 2.59 bits per heavy atom. The molecule has 0 fully saturated rings. The number of hydrogen-bond donors (Lipinski definition) is 1. The van der Waals surface area contributed by atoms with E-state index in [2.05, 4.69) is 16.9 Å². The molecule has 1 atom stereocenters. The second kappa shape index (κ2) is 10.1. The van der Waals surface area contributed by atoms with Gasteiger partial charge in [-0.15, -0.1) is 23.5 Å². The fraction of sp³-hybridized carbons (Fsp3) is 0.208. The third-order valence-electron chi connectivity index (χ3n) is 5.17. The van der Waals surface area contributed by atoms with Crippen LogP contribution in [0.3, 0.4) is 0 Å². The topological polar surface area (TPSA) is 72.5 Å². The van der Waals surface area contributed by atoms with Crippen LogP contribution in [0, 0.1) is 0 Å². The van der Waals surface area contributed by atoms with Crippen molar-refractivity contribution in [3.05, 3.63) is 95.1 Å². The fourth-order valence-corrected chi connectivity index (χ4v) is 7.17. The highest BCUT2D eigenvalue weighted by Crippen LogP contribution is 2.46. The number of fused-ring (bicyclic) bond motifs is 2. The van der Waals surface area contributed by atoms with Gasteiger partial charge in [-0.2, -0.15) is 0 Å². The molecule has 1 heterocycles. The third kappa shape index (κ3) is 5.04. The molecule has 0 bridgehead atoms. The standard InChI is InChI=1S/C24H23NO4S3/c1-29-24(26)17-11-12-22-21(15-17)23(20-10-6-5-7-18(20)16-31-22)30-14-13-25-32(27,28)19-8-3-2-4-9-19/h2-12,15,23,25H,13-14,16H2,1H3. The normalized spacial score (nSPS) is 15.3. The summed E-state index contributed by atoms with van der Waals surface area (Å²) in [7, 11) is -2.16. The van der Waals surface area contributed by atoms with Crippen molar-refractivity contribution in [1.29, 1.82) is 0 Å². The highest BCUT2D eigenvalue weighted by atomic mass is 32.2. The number of esters is 1. The summed E-state index contributed by atoms with van der Waals surface area (Å²) in [6.07, 6.45) is 0. The van der Waals surface area contributed by atoms with Gasteiger partial charge in [-0.25, -0.2) is 17.9 Å². The van der Waals surface area contributed by atoms with Crippen molar-refractivity contribution in [2.24, 2.45) is 0 Å². The number of nitrogens with one attached hydrogen (secondary N) is 1. The number of hydrogen-bond acceptors (Lipinski definition) is 6. The molecule has 0 spiro atoms. The Labute approximate surface area is 197 Å². The number of sulfonamides is 1. The van der Waals surface area contributed by atoms with Crippen molar-refractivity contribution in [2.45, 2.75) is 20.8 Å². The third-order valence-corrected chi connectivity index (χ3v) is 9.06. The Morgan fingerprint density at radius 1 is 1.06 bits per heavy atom. The fourth-order valence-electron chi connectivity index (χ4n) is 3.59. The molecule has 1 N–H and O–H groups in total. The summed E-state index contributed by atoms with van der Waals surface area (Å²) in [5.41, 5.74) is 4.01. The molecule has 4 rings (SSSR count). The molecule has 1 aliphatic heterocycles. The molecular formula is C24H23NO4S3. The summed E-state index contributed by atoms with van der Waals surface area (Å²) in [6, 6.07) is 22.3. The van der Waals surface area contributed by atoms with Crippen molar-refractivity contribution in [3.63, 3.8) is 0 Å². The van der Waals surface area contributed by atoms with Gasteiger partial charge in [0.05, 0.1) is 22.8 Å². The van der Waals surface area contributed by atoms with Gasteiger partial charge in [0.15, 0.2) is 0 Å². The first-order valence-electron chi connectivity index (χ1n) is 10.1. The van der Waals surface area contributed by atoms with Crippen LogP contribution in [0.1, 0.15) is 32.3 Å². The van der Waals surface area contributed by atoms with Crippen LogP contribution < -0.4 is 4.72 Å². The molecule has 5 nitrogen and oxygen atoms in total. The molecule has 32 heavy (non-hydrogen) atoms. The minimum atomic E-state index is -3.54. The van der Waals surface area contributed by atoms with E-state index in [1.165, 1.54) is 18.2 Å². The average Bonchev–Trinajstić information content (AvgIpc) is 2.98. The van der Waals surface area contributed by atoms with E-state index in [1.54, 1.807) is 59.9 Å². The van der Waals surface area contributed by atoms with Gasteiger partial charge in [-0.1, -0.05) is 42.5 Å². The first-order chi connectivity index (χ1) is 15.5. The first kappa shape index (κ1) is 22.9. The van der Waals surface area contributed by atoms with Crippen molar-refractivity contribution >= 4 is 39.5 Å². The van der Waals surface area contributed by atoms with E-state index in [0.717, 1.165) is 16.2 Å². The molecule has 0 aromatic heterocycles. The van der Waals surface area contributed by atoms with Gasteiger partial charge in [0.2, 0.25) is 10.0 Å². The molecular weight excluding hydrogens is 462 g/mol. The van der Waals surface area contributed by atoms with Crippen molar-refractivity contribution < 1.29 is 17.9 Å². The van der Waals surface area contributed by atoms with E-state index in [4.69, 9.17) is 4.74 Å². The summed E-state index contributed by atoms with van der Waals surface area (Å²) >= 11 is 3.42. The Bertz CT molecular complexity index is 1210. The van der Waals surface area contributed by atoms with E-state index in [9.17, 15) is 13.2 Å². The molecule has 8 heteroatoms. The highest BCUT2D eigenvalue weighted by molar-refractivity contribution is 8.00. The van der Waals surface area contributed by atoms with Crippen molar-refractivity contribution in [1.82, 2.24) is 4.72 Å². The molecule has 0 saturated carbocycles. The minimum Gasteiger partial charge on any atom is -0.465 e. The second-order valence-corrected chi connectivity index (χ2v) is 11.2. The minimum absolute atomic E-state index is 0.0120. The molecule has 3 aromatic rings. The van der Waals surface area contributed by atoms with Crippen LogP contribution in [-0.4, -0.2) is 33.8 Å². The van der Waals surface area contributed by atoms with Crippen LogP contribution in [0.4, 0.5) is 0 Å². The van der Waals surface area contributed by atoms with Gasteiger partial charge in [-0.05, 0) is 47.0 Å². The lowest BCUT2D eigenvalue weighted by atomic mass is 9.98. The summed E-state index contributed by atoms with van der Waals surface area (Å²) < 4.78 is 32.6. The predicted octanol–water partition coefficient (Wildman–Crippen LogP) is 4.88. The van der Waals surface area contributed by atoms with Crippen LogP contribution in [0.15, 0.2) is 82.6 Å². The molecule has 3 aromatic carbocycles. The maximum atomic E-state index is 12.5. The monoisotopic (exact) mass is 485 g/mol. The van der Waals surface area contributed by atoms with Crippen LogP contribution in [-0.2, 0) is 20.5 Å². The first-order valence-corrected chi connectivity index (χ1v) is 13.6. The van der Waals surface area contributed by atoms with Crippen molar-refractivity contribution in [3.8, 4) is 0 Å². The lowest BCUT2D eigenvalue weighted by Crippen LogP contribution is -2.26. The average molecular weight is 486 g/mol. The van der Waals surface area contributed by atoms with E-state index in [0.29, 0.717) is 17.9 Å². The molecule has 1 unspecified atom stereocenters. The summed E-state index contributed by atoms with van der Waals surface area (Å²) in [6.45, 7) is 0.305. The lowest BCUT2D eigenvalue weighted by Gasteiger charge is -2.20. The summed E-state index contributed by atoms with van der Waals surface area (Å²) in [4.78, 5) is 13.5. The zero-order valence-corrected chi connectivity index (χ0v) is 19.9. The lowest BCUT2D eigenvalue weighted by molar-refractivity contribution is 0.0600. The Hall–Kier alpha value is -2.26. The molecule has 166 valence electrons. The maximum Gasteiger partial charge on any atom is 0.337 e. The molecule has 0 radical (unpaired) electrons. The zero-order chi connectivity index (χ0) is 22.6. The van der Waals surface area contributed by atoms with Crippen LogP contribution in [0.2, 0.25) is 0 Å². The predicted molar refractivity (Wildman–Crippen MR) is 130 cm³/mol. The number of carbonyl (C=O) groups excluding carboxylic acids is 1. The summed E-state index contributed by atoms with van der Waals surface area (Å²) in [5.74, 6) is 1.06. The number of methoxy groups -OCH3 is 1. The van der Waals surface area contributed by atoms with Gasteiger partial charge in [-0.3, -0.25) is 0 Å². The Kier molecular flexibility index (Phi) is 7.25. The molecule has 0 amide bonds. The quantitative estimate of drug-likeness (QED) is 0.380. The van der Waals surface area contributed by atoms with E-state index in [-0.39, 0.29) is 16.1 Å². The number of benzene rings is 3. The molecule has 0 saturated heterocycles. The van der Waals surface area contributed by atoms with Gasteiger partial charge < -0.3 is 4.74 Å². The van der Waals surface area contributed by atoms with Crippen LogP contribution in [0.25, 0.3) is 0 Å². The second-order valence-electron chi connectivity index (χ2n) is 7.19. The Balaban J connectivity index is 1.56. The molecule has 1 aliphatic rings. The van der Waals surface area contributed by atoms with Gasteiger partial charge in [0, 0.05) is 22.9 Å². The van der Waals surface area contributed by atoms with E-state index < -0.39 is 10.0 Å². The van der Waals surface area contributed by atoms with Gasteiger partial charge in [0.1, 0.15) is 0 Å². The van der Waals surface area contributed by atoms with Gasteiger partial charge >= 0.3 is 5.97 Å². The maximum absolute atomic E-state index is 12.5. The number of rotatable bonds is 7. The molecule has 0 aliphatic carbocycles. The SMILES string of the molecule is COC(=O)c1ccc2c(c1)C(SCCNS(=O)(=O)c1ccccc1)c1ccccc1CS2. The highest BCUT2D eigenvalue weighted by Gasteiger charge is 2.26.